The Hall–Kier alpha value is -1.37. The molecule has 0 radical (unpaired) electrons. The number of nitrogens with zero attached hydrogens (tertiary/aromatic N) is 2. The van der Waals surface area contributed by atoms with Gasteiger partial charge in [0, 0.05) is 0 Å². The average Bonchev–Trinajstić information content (AvgIpc) is 2.36. The summed E-state index contributed by atoms with van der Waals surface area (Å²) >= 11 is 0. The summed E-state index contributed by atoms with van der Waals surface area (Å²) in [5, 5.41) is 14.3. The van der Waals surface area contributed by atoms with Gasteiger partial charge < -0.3 is 10.6 Å². The van der Waals surface area contributed by atoms with Crippen molar-refractivity contribution in [2.24, 2.45) is 10.3 Å². The first kappa shape index (κ1) is 7.73. The van der Waals surface area contributed by atoms with E-state index in [4.69, 9.17) is 5.21 Å². The van der Waals surface area contributed by atoms with Crippen molar-refractivity contribution in [2.45, 2.75) is 0 Å². The highest BCUT2D eigenvalue weighted by Gasteiger charge is 2.14. The molecule has 1 aliphatic rings. The van der Waals surface area contributed by atoms with Gasteiger partial charge in [-0.25, -0.2) is 0 Å². The number of hydrogen-bond acceptors (Lipinski definition) is 6. The van der Waals surface area contributed by atoms with Gasteiger partial charge in [0.1, 0.15) is 10.6 Å². The molecular weight excluding hydrogens is 170 g/mol. The molecule has 1 aliphatic heterocycles. The van der Waals surface area contributed by atoms with Gasteiger partial charge in [0.05, 0.1) is 12.8 Å². The molecule has 0 saturated carbocycles. The van der Waals surface area contributed by atoms with Crippen LogP contribution in [0.15, 0.2) is 10.3 Å². The lowest BCUT2D eigenvalue weighted by Gasteiger charge is -1.83. The molecule has 7 heteroatoms. The molecule has 1 rings (SSSR count). The SMILES string of the molecule is O=S(=O)=C1CNN=C1C=NO. The van der Waals surface area contributed by atoms with Crippen LogP contribution in [0.5, 0.6) is 0 Å². The van der Waals surface area contributed by atoms with E-state index in [9.17, 15) is 8.42 Å². The van der Waals surface area contributed by atoms with Gasteiger partial charge >= 0.3 is 0 Å². The minimum atomic E-state index is -2.30. The Bertz CT molecular complexity index is 332. The summed E-state index contributed by atoms with van der Waals surface area (Å²) in [6.45, 7) is 0.150. The van der Waals surface area contributed by atoms with Crippen LogP contribution in [-0.4, -0.2) is 37.0 Å². The predicted octanol–water partition coefficient (Wildman–Crippen LogP) is -1.54. The lowest BCUT2D eigenvalue weighted by Crippen LogP contribution is -2.16. The van der Waals surface area contributed by atoms with Gasteiger partial charge in [0.2, 0.25) is 10.3 Å². The molecule has 60 valence electrons. The van der Waals surface area contributed by atoms with Gasteiger partial charge in [-0.3, -0.25) is 0 Å². The summed E-state index contributed by atoms with van der Waals surface area (Å²) in [4.78, 5) is 0.0998. The summed E-state index contributed by atoms with van der Waals surface area (Å²) in [5.41, 5.74) is 2.58. The van der Waals surface area contributed by atoms with E-state index in [1.165, 1.54) is 0 Å². The van der Waals surface area contributed by atoms with Gasteiger partial charge in [0.25, 0.3) is 0 Å². The van der Waals surface area contributed by atoms with Gasteiger partial charge in [-0.2, -0.15) is 13.5 Å². The van der Waals surface area contributed by atoms with Crippen molar-refractivity contribution in [3.63, 3.8) is 0 Å². The van der Waals surface area contributed by atoms with E-state index >= 15 is 0 Å². The molecule has 1 heterocycles. The molecule has 0 saturated heterocycles. The fourth-order valence-electron chi connectivity index (χ4n) is 0.649. The third kappa shape index (κ3) is 1.55. The van der Waals surface area contributed by atoms with Crippen LogP contribution < -0.4 is 5.43 Å². The molecular formula is C4H5N3O3S. The summed E-state index contributed by atoms with van der Waals surface area (Å²) in [7, 11) is -2.30. The standard InChI is InChI=1S/C4H5N3O3S/c8-6-1-3-4(11(9)10)2-5-7-3/h1,5,8H,2H2. The first-order valence-electron chi connectivity index (χ1n) is 2.69. The Morgan fingerprint density at radius 2 is 2.45 bits per heavy atom. The Kier molecular flexibility index (Phi) is 2.21. The second-order valence-corrected chi connectivity index (χ2v) is 2.70. The highest BCUT2D eigenvalue weighted by Crippen LogP contribution is 1.86. The third-order valence-electron chi connectivity index (χ3n) is 1.11. The minimum absolute atomic E-state index is 0.0998. The number of hydrogen-bond donors (Lipinski definition) is 2. The first-order valence-corrected chi connectivity index (χ1v) is 3.76. The molecule has 0 spiro atoms. The Morgan fingerprint density at radius 3 is 3.00 bits per heavy atom. The molecule has 2 N–H and O–H groups in total. The zero-order valence-electron chi connectivity index (χ0n) is 5.35. The van der Waals surface area contributed by atoms with Crippen molar-refractivity contribution >= 4 is 27.1 Å². The maximum Gasteiger partial charge on any atom is 0.221 e. The molecule has 0 aromatic carbocycles. The van der Waals surface area contributed by atoms with Crippen LogP contribution in [0.3, 0.4) is 0 Å². The zero-order valence-corrected chi connectivity index (χ0v) is 6.17. The molecule has 0 aromatic rings. The second-order valence-electron chi connectivity index (χ2n) is 1.73. The van der Waals surface area contributed by atoms with Crippen LogP contribution in [0.1, 0.15) is 0 Å². The predicted molar refractivity (Wildman–Crippen MR) is 39.6 cm³/mol. The van der Waals surface area contributed by atoms with Gasteiger partial charge in [-0.1, -0.05) is 5.16 Å². The molecule has 0 aliphatic carbocycles. The number of hydrazone groups is 1. The van der Waals surface area contributed by atoms with Crippen LogP contribution in [-0.2, 0) is 10.3 Å². The van der Waals surface area contributed by atoms with Gasteiger partial charge in [-0.15, -0.1) is 0 Å². The van der Waals surface area contributed by atoms with Crippen LogP contribution >= 0.6 is 0 Å². The van der Waals surface area contributed by atoms with Gasteiger partial charge in [0.15, 0.2) is 0 Å². The van der Waals surface area contributed by atoms with E-state index in [1.54, 1.807) is 0 Å². The summed E-state index contributed by atoms with van der Waals surface area (Å²) in [6.07, 6.45) is 0.963. The molecule has 11 heavy (non-hydrogen) atoms. The lowest BCUT2D eigenvalue weighted by atomic mass is 10.3. The highest BCUT2D eigenvalue weighted by molar-refractivity contribution is 7.75. The molecule has 0 amide bonds. The molecule has 0 fully saturated rings. The van der Waals surface area contributed by atoms with Crippen molar-refractivity contribution in [1.29, 1.82) is 0 Å². The van der Waals surface area contributed by atoms with Crippen molar-refractivity contribution in [3.8, 4) is 0 Å². The number of oxime groups is 1. The number of nitrogens with one attached hydrogen (secondary N) is 1. The fourth-order valence-corrected chi connectivity index (χ4v) is 1.10. The van der Waals surface area contributed by atoms with Crippen LogP contribution in [0, 0.1) is 0 Å². The zero-order chi connectivity index (χ0) is 8.27. The van der Waals surface area contributed by atoms with E-state index in [0.29, 0.717) is 0 Å². The van der Waals surface area contributed by atoms with Gasteiger partial charge in [-0.05, 0) is 0 Å². The summed E-state index contributed by atoms with van der Waals surface area (Å²) in [6, 6.07) is 0. The van der Waals surface area contributed by atoms with E-state index in [1.807, 2.05) is 0 Å². The lowest BCUT2D eigenvalue weighted by molar-refractivity contribution is 0.322. The second kappa shape index (κ2) is 3.15. The van der Waals surface area contributed by atoms with E-state index in [-0.39, 0.29) is 17.1 Å². The Labute approximate surface area is 63.7 Å². The summed E-state index contributed by atoms with van der Waals surface area (Å²) < 4.78 is 20.8. The smallest absolute Gasteiger partial charge is 0.221 e. The quantitative estimate of drug-likeness (QED) is 0.218. The van der Waals surface area contributed by atoms with Crippen molar-refractivity contribution in [2.75, 3.05) is 6.54 Å². The van der Waals surface area contributed by atoms with E-state index in [0.717, 1.165) is 6.21 Å². The van der Waals surface area contributed by atoms with Crippen molar-refractivity contribution < 1.29 is 13.6 Å². The van der Waals surface area contributed by atoms with Crippen LogP contribution in [0.4, 0.5) is 0 Å². The van der Waals surface area contributed by atoms with E-state index in [2.05, 4.69) is 15.7 Å². The molecule has 6 nitrogen and oxygen atoms in total. The van der Waals surface area contributed by atoms with Crippen molar-refractivity contribution in [1.82, 2.24) is 5.43 Å². The highest BCUT2D eigenvalue weighted by atomic mass is 32.2. The Balaban J connectivity index is 3.07. The maximum atomic E-state index is 10.4. The normalized spacial score (nSPS) is 16.7. The molecule has 0 aromatic heterocycles. The third-order valence-corrected chi connectivity index (χ3v) is 1.86. The maximum absolute atomic E-state index is 10.4. The Morgan fingerprint density at radius 1 is 1.73 bits per heavy atom. The first-order chi connectivity index (χ1) is 5.25. The largest absolute Gasteiger partial charge is 0.411 e. The fraction of sp³-hybridized carbons (Fsp3) is 0.250. The van der Waals surface area contributed by atoms with Crippen LogP contribution in [0.25, 0.3) is 0 Å². The van der Waals surface area contributed by atoms with Crippen LogP contribution in [0.2, 0.25) is 0 Å². The average molecular weight is 175 g/mol. The molecule has 0 atom stereocenters. The molecule has 0 bridgehead atoms. The minimum Gasteiger partial charge on any atom is -0.411 e. The monoisotopic (exact) mass is 175 g/mol. The van der Waals surface area contributed by atoms with Crippen molar-refractivity contribution in [3.05, 3.63) is 0 Å². The van der Waals surface area contributed by atoms with E-state index < -0.39 is 10.3 Å². The topological polar surface area (TPSA) is 91.1 Å². The summed E-state index contributed by atoms with van der Waals surface area (Å²) in [5.74, 6) is 0. The molecule has 0 unspecified atom stereocenters. The number of rotatable bonds is 1.